The molecule has 2 aromatic rings. The molecule has 0 bridgehead atoms. The zero-order valence-electron chi connectivity index (χ0n) is 15.3. The summed E-state index contributed by atoms with van der Waals surface area (Å²) in [4.78, 5) is 12.5. The third-order valence-electron chi connectivity index (χ3n) is 3.70. The molecule has 0 atom stereocenters. The summed E-state index contributed by atoms with van der Waals surface area (Å²) in [7, 11) is 1.34. The molecule has 0 aliphatic carbocycles. The molecule has 146 valence electrons. The number of sulfonamides is 1. The van der Waals surface area contributed by atoms with E-state index < -0.39 is 14.9 Å². The van der Waals surface area contributed by atoms with Crippen LogP contribution in [0.5, 0.6) is 5.75 Å². The van der Waals surface area contributed by atoms with Crippen molar-refractivity contribution in [1.29, 1.82) is 0 Å². The summed E-state index contributed by atoms with van der Waals surface area (Å²) < 4.78 is 32.2. The lowest BCUT2D eigenvalue weighted by molar-refractivity contribution is -0.384. The van der Waals surface area contributed by atoms with Crippen molar-refractivity contribution in [2.45, 2.75) is 4.90 Å². The van der Waals surface area contributed by atoms with Crippen LogP contribution >= 0.6 is 0 Å². The lowest BCUT2D eigenvalue weighted by Gasteiger charge is -2.12. The maximum atomic E-state index is 12.3. The van der Waals surface area contributed by atoms with Gasteiger partial charge in [0.05, 0.1) is 16.9 Å². The third kappa shape index (κ3) is 5.64. The molecule has 2 rings (SSSR count). The van der Waals surface area contributed by atoms with Gasteiger partial charge in [0.15, 0.2) is 0 Å². The first-order valence-electron chi connectivity index (χ1n) is 8.07. The number of nitro groups is 1. The molecule has 0 spiro atoms. The van der Waals surface area contributed by atoms with Crippen molar-refractivity contribution in [1.82, 2.24) is 9.62 Å². The fraction of sp³-hybridized carbons (Fsp3) is 0.294. The number of methoxy groups -OCH3 is 1. The molecule has 0 radical (unpaired) electrons. The van der Waals surface area contributed by atoms with Crippen molar-refractivity contribution in [3.05, 3.63) is 52.6 Å². The van der Waals surface area contributed by atoms with Crippen molar-refractivity contribution >= 4 is 27.1 Å². The van der Waals surface area contributed by atoms with Gasteiger partial charge in [-0.05, 0) is 50.5 Å². The lowest BCUT2D eigenvalue weighted by Crippen LogP contribution is -2.31. The Balaban J connectivity index is 2.26. The van der Waals surface area contributed by atoms with E-state index in [1.54, 1.807) is 31.4 Å². The number of nitrogens with zero attached hydrogens (tertiary/aromatic N) is 2. The molecule has 9 nitrogen and oxygen atoms in total. The summed E-state index contributed by atoms with van der Waals surface area (Å²) in [6.07, 6.45) is 0. The van der Waals surface area contributed by atoms with Gasteiger partial charge in [-0.25, -0.2) is 13.1 Å². The molecule has 27 heavy (non-hydrogen) atoms. The van der Waals surface area contributed by atoms with Crippen LogP contribution in [0.2, 0.25) is 0 Å². The van der Waals surface area contributed by atoms with Crippen LogP contribution in [0, 0.1) is 10.1 Å². The maximum Gasteiger partial charge on any atom is 0.294 e. The summed E-state index contributed by atoms with van der Waals surface area (Å²) in [5.74, 6) is 0.653. The van der Waals surface area contributed by atoms with Crippen LogP contribution in [0.25, 0.3) is 0 Å². The number of anilines is 2. The van der Waals surface area contributed by atoms with E-state index in [0.717, 1.165) is 6.07 Å². The highest BCUT2D eigenvalue weighted by Crippen LogP contribution is 2.30. The highest BCUT2D eigenvalue weighted by Gasteiger charge is 2.21. The number of likely N-dealkylation sites (N-methyl/N-ethyl adjacent to an activating group) is 1. The van der Waals surface area contributed by atoms with Crippen molar-refractivity contribution < 1.29 is 18.1 Å². The Kier molecular flexibility index (Phi) is 6.72. The van der Waals surface area contributed by atoms with Gasteiger partial charge < -0.3 is 15.0 Å². The molecule has 2 N–H and O–H groups in total. The largest absolute Gasteiger partial charge is 0.497 e. The molecule has 0 aliphatic heterocycles. The van der Waals surface area contributed by atoms with Gasteiger partial charge in [-0.3, -0.25) is 10.1 Å². The van der Waals surface area contributed by atoms with Gasteiger partial charge in [0.25, 0.3) is 5.69 Å². The van der Waals surface area contributed by atoms with Crippen LogP contribution in [-0.4, -0.2) is 52.5 Å². The van der Waals surface area contributed by atoms with E-state index in [1.807, 2.05) is 19.0 Å². The minimum absolute atomic E-state index is 0.159. The molecular formula is C17H22N4O5S. The Morgan fingerprint density at radius 2 is 1.81 bits per heavy atom. The predicted molar refractivity (Wildman–Crippen MR) is 103 cm³/mol. The van der Waals surface area contributed by atoms with Gasteiger partial charge in [-0.2, -0.15) is 0 Å². The number of hydrogen-bond donors (Lipinski definition) is 2. The molecule has 0 fully saturated rings. The number of ether oxygens (including phenoxy) is 1. The van der Waals surface area contributed by atoms with E-state index in [-0.39, 0.29) is 22.8 Å². The molecule has 0 saturated carbocycles. The van der Waals surface area contributed by atoms with E-state index in [1.165, 1.54) is 12.1 Å². The standard InChI is InChI=1S/C17H22N4O5S/c1-20(2)11-10-18-27(24,25)15-8-9-16(17(12-15)21(22)23)19-13-4-6-14(26-3)7-5-13/h4-9,12,18-19H,10-11H2,1-3H3. The second-order valence-corrected chi connectivity index (χ2v) is 7.76. The highest BCUT2D eigenvalue weighted by atomic mass is 32.2. The van der Waals surface area contributed by atoms with E-state index in [2.05, 4.69) is 10.0 Å². The topological polar surface area (TPSA) is 114 Å². The SMILES string of the molecule is COc1ccc(Nc2ccc(S(=O)(=O)NCCN(C)C)cc2[N+](=O)[O-])cc1. The van der Waals surface area contributed by atoms with Crippen LogP contribution in [0.15, 0.2) is 47.4 Å². The number of nitrogens with one attached hydrogen (secondary N) is 2. The molecule has 0 unspecified atom stereocenters. The van der Waals surface area contributed by atoms with Gasteiger partial charge in [-0.15, -0.1) is 0 Å². The van der Waals surface area contributed by atoms with Crippen molar-refractivity contribution in [2.75, 3.05) is 39.6 Å². The monoisotopic (exact) mass is 394 g/mol. The quantitative estimate of drug-likeness (QED) is 0.495. The van der Waals surface area contributed by atoms with Crippen molar-refractivity contribution in [3.8, 4) is 5.75 Å². The van der Waals surface area contributed by atoms with Crippen LogP contribution in [0.1, 0.15) is 0 Å². The zero-order chi connectivity index (χ0) is 20.0. The van der Waals surface area contributed by atoms with Gasteiger partial charge in [-0.1, -0.05) is 0 Å². The Bertz CT molecular complexity index is 898. The molecule has 10 heteroatoms. The highest BCUT2D eigenvalue weighted by molar-refractivity contribution is 7.89. The summed E-state index contributed by atoms with van der Waals surface area (Å²) >= 11 is 0. The van der Waals surface area contributed by atoms with E-state index >= 15 is 0 Å². The first-order chi connectivity index (χ1) is 12.7. The average molecular weight is 394 g/mol. The van der Waals surface area contributed by atoms with Gasteiger partial charge in [0.2, 0.25) is 10.0 Å². The van der Waals surface area contributed by atoms with E-state index in [0.29, 0.717) is 18.0 Å². The van der Waals surface area contributed by atoms with Gasteiger partial charge >= 0.3 is 0 Å². The molecular weight excluding hydrogens is 372 g/mol. The number of benzene rings is 2. The summed E-state index contributed by atoms with van der Waals surface area (Å²) in [6.45, 7) is 0.716. The summed E-state index contributed by atoms with van der Waals surface area (Å²) in [5, 5.41) is 14.3. The molecule has 2 aromatic carbocycles. The van der Waals surface area contributed by atoms with Crippen LogP contribution < -0.4 is 14.8 Å². The van der Waals surface area contributed by atoms with Gasteiger partial charge in [0.1, 0.15) is 11.4 Å². The number of hydrogen-bond acceptors (Lipinski definition) is 7. The number of rotatable bonds is 9. The molecule has 0 heterocycles. The third-order valence-corrected chi connectivity index (χ3v) is 5.16. The first kappa shape index (κ1) is 20.6. The Morgan fingerprint density at radius 1 is 1.15 bits per heavy atom. The Labute approximate surface area is 158 Å². The normalized spacial score (nSPS) is 11.4. The average Bonchev–Trinajstić information content (AvgIpc) is 2.62. The summed E-state index contributed by atoms with van der Waals surface area (Å²) in [5.41, 5.74) is 0.470. The fourth-order valence-corrected chi connectivity index (χ4v) is 3.29. The van der Waals surface area contributed by atoms with Gasteiger partial charge in [0, 0.05) is 24.8 Å². The molecule has 0 saturated heterocycles. The van der Waals surface area contributed by atoms with E-state index in [4.69, 9.17) is 4.74 Å². The minimum Gasteiger partial charge on any atom is -0.497 e. The van der Waals surface area contributed by atoms with Crippen LogP contribution in [0.3, 0.4) is 0 Å². The Morgan fingerprint density at radius 3 is 2.37 bits per heavy atom. The summed E-state index contributed by atoms with van der Waals surface area (Å²) in [6, 6.07) is 10.6. The van der Waals surface area contributed by atoms with Crippen LogP contribution in [-0.2, 0) is 10.0 Å². The van der Waals surface area contributed by atoms with Crippen LogP contribution in [0.4, 0.5) is 17.1 Å². The second-order valence-electron chi connectivity index (χ2n) is 5.99. The smallest absolute Gasteiger partial charge is 0.294 e. The first-order valence-corrected chi connectivity index (χ1v) is 9.55. The maximum absolute atomic E-state index is 12.3. The molecule has 0 aromatic heterocycles. The zero-order valence-corrected chi connectivity index (χ0v) is 16.1. The predicted octanol–water partition coefficient (Wildman–Crippen LogP) is 2.19. The second kappa shape index (κ2) is 8.80. The minimum atomic E-state index is -3.84. The molecule has 0 aliphatic rings. The van der Waals surface area contributed by atoms with E-state index in [9.17, 15) is 18.5 Å². The Hall–Kier alpha value is -2.69. The fourth-order valence-electron chi connectivity index (χ4n) is 2.25. The molecule has 0 amide bonds. The lowest BCUT2D eigenvalue weighted by atomic mass is 10.2. The van der Waals surface area contributed by atoms with Crippen molar-refractivity contribution in [3.63, 3.8) is 0 Å². The van der Waals surface area contributed by atoms with Crippen molar-refractivity contribution in [2.24, 2.45) is 0 Å². The number of nitro benzene ring substituents is 1.